The molecule has 0 saturated heterocycles. The Hall–Kier alpha value is -2.61. The van der Waals surface area contributed by atoms with E-state index in [0.29, 0.717) is 16.5 Å². The molecular weight excluding hydrogens is 378 g/mol. The predicted octanol–water partition coefficient (Wildman–Crippen LogP) is 4.49. The van der Waals surface area contributed by atoms with E-state index in [9.17, 15) is 13.2 Å². The highest BCUT2D eigenvalue weighted by Crippen LogP contribution is 2.32. The van der Waals surface area contributed by atoms with Gasteiger partial charge >= 0.3 is 6.09 Å². The van der Waals surface area contributed by atoms with Gasteiger partial charge in [-0.2, -0.15) is 8.42 Å². The van der Waals surface area contributed by atoms with Crippen molar-refractivity contribution in [3.05, 3.63) is 71.2 Å². The highest BCUT2D eigenvalue weighted by molar-refractivity contribution is 7.85. The third-order valence-corrected chi connectivity index (χ3v) is 4.93. The van der Waals surface area contributed by atoms with Crippen molar-refractivity contribution in [1.82, 2.24) is 0 Å². The molecule has 26 heavy (non-hydrogen) atoms. The Morgan fingerprint density at radius 2 is 1.81 bits per heavy atom. The van der Waals surface area contributed by atoms with Gasteiger partial charge in [0.15, 0.2) is 0 Å². The summed E-state index contributed by atoms with van der Waals surface area (Å²) in [6.07, 6.45) is -0.662. The quantitative estimate of drug-likeness (QED) is 0.639. The Bertz CT molecular complexity index is 1070. The van der Waals surface area contributed by atoms with Crippen LogP contribution in [0.25, 0.3) is 10.8 Å². The van der Waals surface area contributed by atoms with Gasteiger partial charge in [0, 0.05) is 5.39 Å². The lowest BCUT2D eigenvalue weighted by molar-refractivity contribution is 0.155. The van der Waals surface area contributed by atoms with E-state index in [-0.39, 0.29) is 16.5 Å². The molecule has 3 rings (SSSR count). The van der Waals surface area contributed by atoms with Gasteiger partial charge in [-0.3, -0.25) is 9.87 Å². The zero-order valence-corrected chi connectivity index (χ0v) is 14.9. The van der Waals surface area contributed by atoms with E-state index in [1.54, 1.807) is 6.07 Å². The van der Waals surface area contributed by atoms with E-state index >= 15 is 0 Å². The van der Waals surface area contributed by atoms with Crippen LogP contribution in [0.5, 0.6) is 0 Å². The number of nitrogens with one attached hydrogen (secondary N) is 1. The van der Waals surface area contributed by atoms with Crippen LogP contribution in [0.1, 0.15) is 5.56 Å². The van der Waals surface area contributed by atoms with E-state index in [2.05, 4.69) is 5.32 Å². The lowest BCUT2D eigenvalue weighted by Crippen LogP contribution is -2.13. The molecule has 3 aromatic carbocycles. The van der Waals surface area contributed by atoms with Crippen molar-refractivity contribution in [3.63, 3.8) is 0 Å². The van der Waals surface area contributed by atoms with Crippen LogP contribution in [0, 0.1) is 0 Å². The van der Waals surface area contributed by atoms with Gasteiger partial charge in [0.1, 0.15) is 6.61 Å². The standard InChI is InChI=1S/C18H14ClNO5S/c19-17-15-8-7-14(26(22,23)24)10-13(15)6-9-16(17)20-18(21)25-11-12-4-2-1-3-5-12/h1-10H,11H2,(H,20,21)(H,22,23,24). The summed E-state index contributed by atoms with van der Waals surface area (Å²) in [7, 11) is -4.30. The number of carbonyl (C=O) groups is 1. The van der Waals surface area contributed by atoms with Crippen LogP contribution in [-0.2, 0) is 21.5 Å². The number of amides is 1. The average Bonchev–Trinajstić information content (AvgIpc) is 2.62. The van der Waals surface area contributed by atoms with Gasteiger partial charge in [-0.05, 0) is 29.1 Å². The molecule has 0 fully saturated rings. The number of hydrogen-bond acceptors (Lipinski definition) is 4. The third kappa shape index (κ3) is 4.13. The van der Waals surface area contributed by atoms with Crippen molar-refractivity contribution < 1.29 is 22.5 Å². The first-order valence-electron chi connectivity index (χ1n) is 7.52. The first-order valence-corrected chi connectivity index (χ1v) is 9.34. The second-order valence-electron chi connectivity index (χ2n) is 5.47. The van der Waals surface area contributed by atoms with Gasteiger partial charge in [0.05, 0.1) is 15.6 Å². The largest absolute Gasteiger partial charge is 0.444 e. The summed E-state index contributed by atoms with van der Waals surface area (Å²) in [5.41, 5.74) is 1.18. The Morgan fingerprint density at radius 3 is 2.50 bits per heavy atom. The number of halogens is 1. The molecule has 3 aromatic rings. The monoisotopic (exact) mass is 391 g/mol. The lowest BCUT2D eigenvalue weighted by Gasteiger charge is -2.11. The molecular formula is C18H14ClNO5S. The fourth-order valence-corrected chi connectivity index (χ4v) is 3.19. The number of benzene rings is 3. The minimum atomic E-state index is -4.30. The normalized spacial score (nSPS) is 11.3. The topological polar surface area (TPSA) is 92.7 Å². The number of ether oxygens (including phenoxy) is 1. The fourth-order valence-electron chi connectivity index (χ4n) is 2.40. The summed E-state index contributed by atoms with van der Waals surface area (Å²) in [4.78, 5) is 11.7. The molecule has 6 nitrogen and oxygen atoms in total. The molecule has 2 N–H and O–H groups in total. The molecule has 0 aliphatic heterocycles. The third-order valence-electron chi connectivity index (χ3n) is 3.67. The van der Waals surface area contributed by atoms with Crippen LogP contribution in [0.15, 0.2) is 65.6 Å². The summed E-state index contributed by atoms with van der Waals surface area (Å²) in [6, 6.07) is 16.3. The summed E-state index contributed by atoms with van der Waals surface area (Å²) < 4.78 is 36.7. The molecule has 0 spiro atoms. The predicted molar refractivity (Wildman–Crippen MR) is 99.0 cm³/mol. The molecule has 0 radical (unpaired) electrons. The molecule has 134 valence electrons. The highest BCUT2D eigenvalue weighted by Gasteiger charge is 2.14. The van der Waals surface area contributed by atoms with Gasteiger partial charge < -0.3 is 4.74 Å². The second kappa shape index (κ2) is 7.33. The highest BCUT2D eigenvalue weighted by atomic mass is 35.5. The number of anilines is 1. The molecule has 0 bridgehead atoms. The number of rotatable bonds is 4. The van der Waals surface area contributed by atoms with E-state index in [4.69, 9.17) is 20.9 Å². The van der Waals surface area contributed by atoms with Gasteiger partial charge in [0.25, 0.3) is 10.1 Å². The molecule has 0 aliphatic carbocycles. The molecule has 1 amide bonds. The number of carbonyl (C=O) groups excluding carboxylic acids is 1. The Morgan fingerprint density at radius 1 is 1.08 bits per heavy atom. The van der Waals surface area contributed by atoms with Crippen molar-refractivity contribution in [2.75, 3.05) is 5.32 Å². The van der Waals surface area contributed by atoms with Crippen molar-refractivity contribution >= 4 is 44.3 Å². The van der Waals surface area contributed by atoms with Crippen LogP contribution in [0.4, 0.5) is 10.5 Å². The van der Waals surface area contributed by atoms with Crippen LogP contribution < -0.4 is 5.32 Å². The molecule has 0 atom stereocenters. The number of fused-ring (bicyclic) bond motifs is 1. The van der Waals surface area contributed by atoms with Crippen molar-refractivity contribution in [1.29, 1.82) is 0 Å². The maximum atomic E-state index is 12.0. The zero-order chi connectivity index (χ0) is 18.7. The smallest absolute Gasteiger partial charge is 0.412 e. The van der Waals surface area contributed by atoms with Gasteiger partial charge in [-0.15, -0.1) is 0 Å². The summed E-state index contributed by atoms with van der Waals surface area (Å²) in [5.74, 6) is 0. The van der Waals surface area contributed by atoms with Crippen LogP contribution in [0.3, 0.4) is 0 Å². The average molecular weight is 392 g/mol. The Labute approximate surface area is 155 Å². The minimum Gasteiger partial charge on any atom is -0.444 e. The molecule has 0 aliphatic rings. The van der Waals surface area contributed by atoms with Crippen LogP contribution in [-0.4, -0.2) is 19.1 Å². The minimum absolute atomic E-state index is 0.121. The molecule has 0 unspecified atom stereocenters. The fraction of sp³-hybridized carbons (Fsp3) is 0.0556. The first kappa shape index (κ1) is 18.2. The lowest BCUT2D eigenvalue weighted by atomic mass is 10.1. The SMILES string of the molecule is O=C(Nc1ccc2cc(S(=O)(=O)O)ccc2c1Cl)OCc1ccccc1. The van der Waals surface area contributed by atoms with Crippen molar-refractivity contribution in [3.8, 4) is 0 Å². The molecule has 0 aromatic heterocycles. The van der Waals surface area contributed by atoms with Crippen LogP contribution in [0.2, 0.25) is 5.02 Å². The summed E-state index contributed by atoms with van der Waals surface area (Å²) in [5, 5.41) is 3.83. The molecule has 0 heterocycles. The summed E-state index contributed by atoms with van der Waals surface area (Å²) in [6.45, 7) is 0.121. The van der Waals surface area contributed by atoms with Gasteiger partial charge in [-0.25, -0.2) is 4.79 Å². The van der Waals surface area contributed by atoms with E-state index < -0.39 is 16.2 Å². The van der Waals surface area contributed by atoms with Gasteiger partial charge in [-0.1, -0.05) is 54.1 Å². The van der Waals surface area contributed by atoms with Crippen molar-refractivity contribution in [2.45, 2.75) is 11.5 Å². The van der Waals surface area contributed by atoms with Crippen molar-refractivity contribution in [2.24, 2.45) is 0 Å². The Kier molecular flexibility index (Phi) is 5.13. The zero-order valence-electron chi connectivity index (χ0n) is 13.3. The van der Waals surface area contributed by atoms with E-state index in [0.717, 1.165) is 5.56 Å². The second-order valence-corrected chi connectivity index (χ2v) is 7.27. The summed E-state index contributed by atoms with van der Waals surface area (Å²) >= 11 is 6.29. The molecule has 8 heteroatoms. The number of hydrogen-bond donors (Lipinski definition) is 2. The Balaban J connectivity index is 1.78. The van der Waals surface area contributed by atoms with Gasteiger partial charge in [0.2, 0.25) is 0 Å². The van der Waals surface area contributed by atoms with E-state index in [1.165, 1.54) is 24.3 Å². The maximum absolute atomic E-state index is 12.0. The van der Waals surface area contributed by atoms with Crippen LogP contribution >= 0.6 is 11.6 Å². The first-order chi connectivity index (χ1) is 12.3. The van der Waals surface area contributed by atoms with E-state index in [1.807, 2.05) is 30.3 Å². The maximum Gasteiger partial charge on any atom is 0.412 e. The molecule has 0 saturated carbocycles.